The number of benzene rings is 2. The molecule has 1 aromatic heterocycles. The lowest BCUT2D eigenvalue weighted by molar-refractivity contribution is -0.113. The van der Waals surface area contributed by atoms with Crippen LogP contribution in [0.15, 0.2) is 60.3 Å². The average molecular weight is 508 g/mol. The second-order valence-electron chi connectivity index (χ2n) is 6.90. The van der Waals surface area contributed by atoms with Crippen molar-refractivity contribution in [2.45, 2.75) is 24.7 Å². The Bertz CT molecular complexity index is 1170. The van der Waals surface area contributed by atoms with Crippen molar-refractivity contribution in [2.24, 2.45) is 0 Å². The molecule has 0 bridgehead atoms. The van der Waals surface area contributed by atoms with Crippen molar-refractivity contribution in [3.8, 4) is 0 Å². The Labute approximate surface area is 204 Å². The third kappa shape index (κ3) is 6.56. The molecular weight excluding hydrogens is 488 g/mol. The van der Waals surface area contributed by atoms with Crippen molar-refractivity contribution in [1.29, 1.82) is 0 Å². The molecule has 0 fully saturated rings. The van der Waals surface area contributed by atoms with Gasteiger partial charge in [-0.2, -0.15) is 0 Å². The summed E-state index contributed by atoms with van der Waals surface area (Å²) in [6, 6.07) is 9.61. The minimum atomic E-state index is -0.501. The Morgan fingerprint density at radius 1 is 1.21 bits per heavy atom. The summed E-state index contributed by atoms with van der Waals surface area (Å²) in [7, 11) is 0. The van der Waals surface area contributed by atoms with Crippen LogP contribution in [-0.4, -0.2) is 32.3 Å². The fraction of sp³-hybridized carbons (Fsp3) is 0.182. The number of hydrogen-bond acceptors (Lipinski definition) is 5. The largest absolute Gasteiger partial charge is 0.342 e. The maximum absolute atomic E-state index is 13.0. The molecule has 1 atom stereocenters. The molecule has 0 aliphatic rings. The van der Waals surface area contributed by atoms with Crippen LogP contribution in [0, 0.1) is 5.82 Å². The summed E-state index contributed by atoms with van der Waals surface area (Å²) in [5, 5.41) is 15.0. The fourth-order valence-electron chi connectivity index (χ4n) is 2.90. The van der Waals surface area contributed by atoms with Gasteiger partial charge in [-0.3, -0.25) is 9.59 Å². The third-order valence-electron chi connectivity index (χ3n) is 4.43. The van der Waals surface area contributed by atoms with Crippen LogP contribution in [0.2, 0.25) is 10.0 Å². The first-order valence-electron chi connectivity index (χ1n) is 9.76. The normalized spacial score (nSPS) is 11.6. The lowest BCUT2D eigenvalue weighted by atomic mass is 10.2. The number of aromatic nitrogens is 3. The van der Waals surface area contributed by atoms with Crippen molar-refractivity contribution in [3.63, 3.8) is 0 Å². The van der Waals surface area contributed by atoms with Crippen LogP contribution in [0.5, 0.6) is 0 Å². The van der Waals surface area contributed by atoms with E-state index in [-0.39, 0.29) is 34.0 Å². The first-order valence-corrected chi connectivity index (χ1v) is 11.5. The van der Waals surface area contributed by atoms with Crippen LogP contribution < -0.4 is 10.6 Å². The van der Waals surface area contributed by atoms with Crippen molar-refractivity contribution < 1.29 is 14.0 Å². The second-order valence-corrected chi connectivity index (χ2v) is 8.69. The number of allylic oxidation sites excluding steroid dienone is 1. The van der Waals surface area contributed by atoms with Gasteiger partial charge in [-0.15, -0.1) is 16.8 Å². The molecule has 1 heterocycles. The molecule has 0 aliphatic carbocycles. The van der Waals surface area contributed by atoms with E-state index in [2.05, 4.69) is 27.4 Å². The summed E-state index contributed by atoms with van der Waals surface area (Å²) in [6.07, 6.45) is 1.67. The summed E-state index contributed by atoms with van der Waals surface area (Å²) >= 11 is 13.2. The predicted molar refractivity (Wildman–Crippen MR) is 128 cm³/mol. The summed E-state index contributed by atoms with van der Waals surface area (Å²) in [5.74, 6) is -0.486. The van der Waals surface area contributed by atoms with Crippen LogP contribution in [0.1, 0.15) is 29.1 Å². The number of carbonyl (C=O) groups excluding carboxylic acids is 2. The first kappa shape index (κ1) is 24.8. The molecule has 11 heteroatoms. The zero-order valence-electron chi connectivity index (χ0n) is 17.5. The predicted octanol–water partition coefficient (Wildman–Crippen LogP) is 5.13. The Morgan fingerprint density at radius 3 is 2.61 bits per heavy atom. The van der Waals surface area contributed by atoms with E-state index in [0.29, 0.717) is 28.2 Å². The minimum Gasteiger partial charge on any atom is -0.342 e. The third-order valence-corrected chi connectivity index (χ3v) is 5.94. The van der Waals surface area contributed by atoms with Gasteiger partial charge in [0.15, 0.2) is 11.0 Å². The molecule has 172 valence electrons. The number of hydrogen-bond donors (Lipinski definition) is 2. The van der Waals surface area contributed by atoms with E-state index in [4.69, 9.17) is 23.2 Å². The van der Waals surface area contributed by atoms with Crippen molar-refractivity contribution in [3.05, 3.63) is 82.4 Å². The summed E-state index contributed by atoms with van der Waals surface area (Å²) < 4.78 is 14.8. The van der Waals surface area contributed by atoms with Crippen LogP contribution in [-0.2, 0) is 11.3 Å². The first-order chi connectivity index (χ1) is 15.8. The number of halogens is 3. The van der Waals surface area contributed by atoms with Gasteiger partial charge in [-0.1, -0.05) is 41.0 Å². The van der Waals surface area contributed by atoms with Crippen molar-refractivity contribution in [1.82, 2.24) is 20.1 Å². The van der Waals surface area contributed by atoms with Gasteiger partial charge in [0.25, 0.3) is 5.91 Å². The molecule has 0 saturated heterocycles. The van der Waals surface area contributed by atoms with Crippen molar-refractivity contribution >= 4 is 52.5 Å². The molecule has 0 radical (unpaired) electrons. The van der Waals surface area contributed by atoms with Gasteiger partial charge < -0.3 is 15.2 Å². The summed E-state index contributed by atoms with van der Waals surface area (Å²) in [5.41, 5.74) is 0.780. The van der Waals surface area contributed by atoms with E-state index >= 15 is 0 Å². The Balaban J connectivity index is 1.67. The summed E-state index contributed by atoms with van der Waals surface area (Å²) in [4.78, 5) is 24.9. The van der Waals surface area contributed by atoms with Crippen LogP contribution in [0.25, 0.3) is 0 Å². The van der Waals surface area contributed by atoms with Gasteiger partial charge in [-0.05, 0) is 49.4 Å². The number of anilines is 1. The molecule has 2 amide bonds. The maximum atomic E-state index is 13.0. The Morgan fingerprint density at radius 2 is 1.94 bits per heavy atom. The smallest absolute Gasteiger partial charge is 0.253 e. The van der Waals surface area contributed by atoms with E-state index in [1.165, 1.54) is 42.1 Å². The molecule has 3 aromatic rings. The number of carbonyl (C=O) groups is 2. The van der Waals surface area contributed by atoms with Crippen LogP contribution in [0.4, 0.5) is 10.1 Å². The molecule has 0 spiro atoms. The van der Waals surface area contributed by atoms with Gasteiger partial charge >= 0.3 is 0 Å². The lowest BCUT2D eigenvalue weighted by Gasteiger charge is -2.16. The van der Waals surface area contributed by atoms with Gasteiger partial charge in [0.05, 0.1) is 22.4 Å². The number of nitrogens with one attached hydrogen (secondary N) is 2. The van der Waals surface area contributed by atoms with Crippen LogP contribution >= 0.6 is 35.0 Å². The highest BCUT2D eigenvalue weighted by Crippen LogP contribution is 2.24. The van der Waals surface area contributed by atoms with E-state index in [1.807, 2.05) is 0 Å². The number of thioether (sulfide) groups is 1. The van der Waals surface area contributed by atoms with Crippen molar-refractivity contribution in [2.75, 3.05) is 11.1 Å². The molecule has 2 aromatic carbocycles. The molecule has 0 unspecified atom stereocenters. The topological polar surface area (TPSA) is 88.9 Å². The molecule has 0 aliphatic heterocycles. The second kappa shape index (κ2) is 11.3. The molecule has 2 N–H and O–H groups in total. The van der Waals surface area contributed by atoms with E-state index in [1.54, 1.807) is 29.7 Å². The lowest BCUT2D eigenvalue weighted by Crippen LogP contribution is -2.29. The number of amides is 2. The molecule has 3 rings (SSSR count). The van der Waals surface area contributed by atoms with E-state index < -0.39 is 6.04 Å². The number of nitrogens with zero attached hydrogens (tertiary/aromatic N) is 3. The molecule has 33 heavy (non-hydrogen) atoms. The fourth-order valence-corrected chi connectivity index (χ4v) is 4.15. The van der Waals surface area contributed by atoms with Gasteiger partial charge in [0.1, 0.15) is 5.82 Å². The van der Waals surface area contributed by atoms with Gasteiger partial charge in [-0.25, -0.2) is 4.39 Å². The highest BCUT2D eigenvalue weighted by molar-refractivity contribution is 7.99. The maximum Gasteiger partial charge on any atom is 0.253 e. The van der Waals surface area contributed by atoms with Gasteiger partial charge in [0.2, 0.25) is 5.91 Å². The van der Waals surface area contributed by atoms with Crippen LogP contribution in [0.3, 0.4) is 0 Å². The highest BCUT2D eigenvalue weighted by atomic mass is 35.5. The molecule has 0 saturated carbocycles. The zero-order chi connectivity index (χ0) is 24.0. The number of rotatable bonds is 9. The van der Waals surface area contributed by atoms with Gasteiger partial charge in [0, 0.05) is 17.3 Å². The Kier molecular flexibility index (Phi) is 8.49. The molecular formula is C22H20Cl2FN5O2S. The minimum absolute atomic E-state index is 0.0633. The summed E-state index contributed by atoms with van der Waals surface area (Å²) in [6.45, 7) is 5.90. The average Bonchev–Trinajstić information content (AvgIpc) is 3.17. The molecule has 7 nitrogen and oxygen atoms in total. The standard InChI is InChI=1S/C22H20Cl2FN5O2S/c1-3-10-30-20(13(2)26-21(32)17-9-4-14(23)11-18(17)24)28-29-22(30)33-12-19(31)27-16-7-5-15(25)6-8-16/h3-9,11,13H,1,10,12H2,2H3,(H,26,32)(H,27,31)/t13-/m1/s1. The SMILES string of the molecule is C=CCn1c(SCC(=O)Nc2ccc(F)cc2)nnc1[C@@H](C)NC(=O)c1ccc(Cl)cc1Cl. The highest BCUT2D eigenvalue weighted by Gasteiger charge is 2.21. The Hall–Kier alpha value is -2.88. The quantitative estimate of drug-likeness (QED) is 0.309. The zero-order valence-corrected chi connectivity index (χ0v) is 19.8. The van der Waals surface area contributed by atoms with E-state index in [9.17, 15) is 14.0 Å². The monoisotopic (exact) mass is 507 g/mol. The van der Waals surface area contributed by atoms with E-state index in [0.717, 1.165) is 0 Å².